The van der Waals surface area contributed by atoms with Crippen molar-refractivity contribution in [2.24, 2.45) is 5.41 Å². The zero-order chi connectivity index (χ0) is 14.6. The van der Waals surface area contributed by atoms with Gasteiger partial charge in [-0.2, -0.15) is 0 Å². The minimum Gasteiger partial charge on any atom is -0.356 e. The van der Waals surface area contributed by atoms with Crippen LogP contribution in [0.3, 0.4) is 0 Å². The molecule has 1 saturated carbocycles. The van der Waals surface area contributed by atoms with Crippen molar-refractivity contribution in [1.29, 1.82) is 0 Å². The Bertz CT molecular complexity index is 695. The van der Waals surface area contributed by atoms with Crippen LogP contribution in [0.1, 0.15) is 19.8 Å². The zero-order valence-corrected chi connectivity index (χ0v) is 12.3. The number of aromatic nitrogens is 3. The fraction of sp³-hybridized carbons (Fsp3) is 0.533. The molecule has 2 fully saturated rings. The van der Waals surface area contributed by atoms with Crippen molar-refractivity contribution in [2.45, 2.75) is 25.8 Å². The summed E-state index contributed by atoms with van der Waals surface area (Å²) in [7, 11) is 2.10. The minimum absolute atomic E-state index is 0.197. The van der Waals surface area contributed by atoms with Gasteiger partial charge in [-0.05, 0) is 18.9 Å². The lowest BCUT2D eigenvalue weighted by Crippen LogP contribution is -2.67. The molecule has 0 aromatic carbocycles. The van der Waals surface area contributed by atoms with Crippen molar-refractivity contribution >= 4 is 22.8 Å². The molecule has 0 unspecified atom stereocenters. The van der Waals surface area contributed by atoms with Gasteiger partial charge < -0.3 is 14.8 Å². The van der Waals surface area contributed by atoms with E-state index in [-0.39, 0.29) is 5.91 Å². The number of carbonyl (C=O) groups excluding carboxylic acids is 1. The molecule has 2 aromatic rings. The molecule has 1 aliphatic heterocycles. The maximum atomic E-state index is 11.3. The van der Waals surface area contributed by atoms with E-state index in [1.807, 2.05) is 17.2 Å². The SMILES string of the molecule is CC(=O)N1CC2(CC(N(C)c3ncnc4[nH]ccc34)C2)C1. The number of nitrogens with one attached hydrogen (secondary N) is 1. The van der Waals surface area contributed by atoms with Crippen molar-refractivity contribution in [3.8, 4) is 0 Å². The van der Waals surface area contributed by atoms with E-state index in [0.29, 0.717) is 11.5 Å². The first kappa shape index (κ1) is 12.6. The highest BCUT2D eigenvalue weighted by molar-refractivity contribution is 5.87. The summed E-state index contributed by atoms with van der Waals surface area (Å²) in [4.78, 5) is 27.3. The summed E-state index contributed by atoms with van der Waals surface area (Å²) >= 11 is 0. The van der Waals surface area contributed by atoms with Crippen LogP contribution in [-0.2, 0) is 4.79 Å². The van der Waals surface area contributed by atoms with Crippen molar-refractivity contribution in [3.05, 3.63) is 18.6 Å². The number of H-pyrrole nitrogens is 1. The van der Waals surface area contributed by atoms with Gasteiger partial charge in [0, 0.05) is 44.7 Å². The number of amides is 1. The first-order valence-electron chi connectivity index (χ1n) is 7.34. The number of hydrogen-bond acceptors (Lipinski definition) is 4. The first-order chi connectivity index (χ1) is 10.1. The quantitative estimate of drug-likeness (QED) is 0.906. The molecule has 1 saturated heterocycles. The van der Waals surface area contributed by atoms with Gasteiger partial charge in [0.15, 0.2) is 0 Å². The minimum atomic E-state index is 0.197. The Morgan fingerprint density at radius 1 is 1.43 bits per heavy atom. The maximum Gasteiger partial charge on any atom is 0.219 e. The molecule has 3 heterocycles. The molecule has 4 rings (SSSR count). The molecule has 0 radical (unpaired) electrons. The van der Waals surface area contributed by atoms with E-state index in [9.17, 15) is 4.79 Å². The Kier molecular flexibility index (Phi) is 2.52. The molecular weight excluding hydrogens is 266 g/mol. The molecule has 2 aliphatic rings. The molecule has 1 spiro atoms. The third-order valence-electron chi connectivity index (χ3n) is 5.05. The molecule has 1 amide bonds. The van der Waals surface area contributed by atoms with Crippen molar-refractivity contribution in [1.82, 2.24) is 19.9 Å². The molecule has 6 nitrogen and oxygen atoms in total. The van der Waals surface area contributed by atoms with Gasteiger partial charge in [0.1, 0.15) is 17.8 Å². The molecule has 110 valence electrons. The highest BCUT2D eigenvalue weighted by Gasteiger charge is 2.54. The Morgan fingerprint density at radius 3 is 2.90 bits per heavy atom. The Hall–Kier alpha value is -2.11. The number of anilines is 1. The summed E-state index contributed by atoms with van der Waals surface area (Å²) in [5.41, 5.74) is 1.25. The third kappa shape index (κ3) is 1.81. The number of fused-ring (bicyclic) bond motifs is 1. The number of nitrogens with zero attached hydrogens (tertiary/aromatic N) is 4. The Balaban J connectivity index is 1.47. The lowest BCUT2D eigenvalue weighted by atomic mass is 9.60. The van der Waals surface area contributed by atoms with Gasteiger partial charge in [-0.25, -0.2) is 9.97 Å². The molecule has 6 heteroatoms. The van der Waals surface area contributed by atoms with Crippen molar-refractivity contribution in [2.75, 3.05) is 25.0 Å². The Labute approximate surface area is 123 Å². The third-order valence-corrected chi connectivity index (χ3v) is 5.05. The topological polar surface area (TPSA) is 65.1 Å². The smallest absolute Gasteiger partial charge is 0.219 e. The summed E-state index contributed by atoms with van der Waals surface area (Å²) in [5.74, 6) is 1.19. The molecule has 21 heavy (non-hydrogen) atoms. The molecule has 2 aromatic heterocycles. The van der Waals surface area contributed by atoms with Crippen LogP contribution < -0.4 is 4.90 Å². The van der Waals surface area contributed by atoms with Gasteiger partial charge in [0.2, 0.25) is 5.91 Å². The van der Waals surface area contributed by atoms with E-state index in [1.165, 1.54) is 0 Å². The van der Waals surface area contributed by atoms with Gasteiger partial charge >= 0.3 is 0 Å². The molecule has 1 aliphatic carbocycles. The van der Waals surface area contributed by atoms with Crippen molar-refractivity contribution in [3.63, 3.8) is 0 Å². The summed E-state index contributed by atoms with van der Waals surface area (Å²) in [6.07, 6.45) is 5.79. The van der Waals surface area contributed by atoms with Crippen LogP contribution in [0.2, 0.25) is 0 Å². The number of rotatable bonds is 2. The van der Waals surface area contributed by atoms with E-state index in [1.54, 1.807) is 13.3 Å². The van der Waals surface area contributed by atoms with E-state index in [2.05, 4.69) is 26.9 Å². The van der Waals surface area contributed by atoms with Gasteiger partial charge in [-0.15, -0.1) is 0 Å². The van der Waals surface area contributed by atoms with Crippen LogP contribution in [0.15, 0.2) is 18.6 Å². The van der Waals surface area contributed by atoms with Gasteiger partial charge in [-0.3, -0.25) is 4.79 Å². The van der Waals surface area contributed by atoms with Crippen LogP contribution in [0.5, 0.6) is 0 Å². The summed E-state index contributed by atoms with van der Waals surface area (Å²) in [5, 5.41) is 1.07. The second-order valence-corrected chi connectivity index (χ2v) is 6.49. The Morgan fingerprint density at radius 2 is 2.19 bits per heavy atom. The summed E-state index contributed by atoms with van der Waals surface area (Å²) < 4.78 is 0. The van der Waals surface area contributed by atoms with Crippen LogP contribution in [0, 0.1) is 5.41 Å². The van der Waals surface area contributed by atoms with Gasteiger partial charge in [-0.1, -0.05) is 0 Å². The van der Waals surface area contributed by atoms with Crippen molar-refractivity contribution < 1.29 is 4.79 Å². The first-order valence-corrected chi connectivity index (χ1v) is 7.34. The number of hydrogen-bond donors (Lipinski definition) is 1. The average Bonchev–Trinajstić information content (AvgIpc) is 2.82. The molecule has 0 bridgehead atoms. The zero-order valence-electron chi connectivity index (χ0n) is 12.3. The van der Waals surface area contributed by atoms with Gasteiger partial charge in [0.25, 0.3) is 0 Å². The number of aromatic amines is 1. The maximum absolute atomic E-state index is 11.3. The standard InChI is InChI=1S/C15H19N5O/c1-10(21)20-7-15(8-20)5-11(6-15)19(2)14-12-3-4-16-13(12)17-9-18-14/h3-4,9,11H,5-8H2,1-2H3,(H,16,17,18). The highest BCUT2D eigenvalue weighted by atomic mass is 16.2. The average molecular weight is 285 g/mol. The lowest BCUT2D eigenvalue weighted by Gasteiger charge is -2.60. The predicted molar refractivity (Wildman–Crippen MR) is 80.0 cm³/mol. The second-order valence-electron chi connectivity index (χ2n) is 6.49. The molecule has 1 N–H and O–H groups in total. The van der Waals surface area contributed by atoms with Crippen LogP contribution in [0.4, 0.5) is 5.82 Å². The summed E-state index contributed by atoms with van der Waals surface area (Å²) in [6.45, 7) is 3.50. The number of likely N-dealkylation sites (tertiary alicyclic amines) is 1. The van der Waals surface area contributed by atoms with Gasteiger partial charge in [0.05, 0.1) is 5.39 Å². The highest BCUT2D eigenvalue weighted by Crippen LogP contribution is 2.50. The second kappa shape index (κ2) is 4.19. The normalized spacial score (nSPS) is 20.4. The van der Waals surface area contributed by atoms with E-state index < -0.39 is 0 Å². The molecule has 0 atom stereocenters. The fourth-order valence-electron chi connectivity index (χ4n) is 3.77. The predicted octanol–water partition coefficient (Wildman–Crippen LogP) is 1.40. The lowest BCUT2D eigenvalue weighted by molar-refractivity contribution is -0.148. The fourth-order valence-corrected chi connectivity index (χ4v) is 3.77. The van der Waals surface area contributed by atoms with Crippen LogP contribution >= 0.6 is 0 Å². The van der Waals surface area contributed by atoms with Crippen LogP contribution in [0.25, 0.3) is 11.0 Å². The van der Waals surface area contributed by atoms with Crippen LogP contribution in [-0.4, -0.2) is 51.9 Å². The number of carbonyl (C=O) groups is 1. The summed E-state index contributed by atoms with van der Waals surface area (Å²) in [6, 6.07) is 2.53. The largest absolute Gasteiger partial charge is 0.356 e. The monoisotopic (exact) mass is 285 g/mol. The van der Waals surface area contributed by atoms with E-state index in [4.69, 9.17) is 0 Å². The molecular formula is C15H19N5O. The van der Waals surface area contributed by atoms with E-state index >= 15 is 0 Å². The van der Waals surface area contributed by atoms with E-state index in [0.717, 1.165) is 42.8 Å².